The Labute approximate surface area is 224 Å². The monoisotopic (exact) mass is 522 g/mol. The number of carbonyl (C=O) groups is 3. The molecule has 0 saturated carbocycles. The van der Waals surface area contributed by atoms with Crippen LogP contribution in [0.1, 0.15) is 48.0 Å². The van der Waals surface area contributed by atoms with E-state index in [1.807, 2.05) is 32.9 Å². The number of hydrogen-bond donors (Lipinski definition) is 2. The second-order valence-electron chi connectivity index (χ2n) is 10.9. The number of carbonyl (C=O) groups excluding carboxylic acids is 2. The maximum absolute atomic E-state index is 13.3. The molecular formula is C31H38O7. The van der Waals surface area contributed by atoms with Crippen LogP contribution in [0.15, 0.2) is 83.7 Å². The van der Waals surface area contributed by atoms with Crippen LogP contribution in [0, 0.1) is 23.2 Å². The Balaban J connectivity index is 1.75. The summed E-state index contributed by atoms with van der Waals surface area (Å²) < 4.78 is 12.0. The minimum atomic E-state index is -1.06. The van der Waals surface area contributed by atoms with Gasteiger partial charge in [-0.2, -0.15) is 0 Å². The smallest absolute Gasteiger partial charge is 0.328 e. The molecule has 0 fully saturated rings. The van der Waals surface area contributed by atoms with Gasteiger partial charge in [0.2, 0.25) is 0 Å². The minimum Gasteiger partial charge on any atom is -0.490 e. The molecule has 2 N–H and O–H groups in total. The van der Waals surface area contributed by atoms with Crippen LogP contribution in [-0.4, -0.2) is 45.7 Å². The van der Waals surface area contributed by atoms with Gasteiger partial charge in [-0.25, -0.2) is 4.79 Å². The zero-order valence-electron chi connectivity index (χ0n) is 22.9. The van der Waals surface area contributed by atoms with Gasteiger partial charge in [-0.05, 0) is 64.2 Å². The van der Waals surface area contributed by atoms with Gasteiger partial charge in [0.25, 0.3) is 0 Å². The Morgan fingerprint density at radius 2 is 1.84 bits per heavy atom. The van der Waals surface area contributed by atoms with Crippen LogP contribution in [0.5, 0.6) is 0 Å². The summed E-state index contributed by atoms with van der Waals surface area (Å²) in [6, 6.07) is 0. The van der Waals surface area contributed by atoms with Crippen molar-refractivity contribution in [2.75, 3.05) is 0 Å². The van der Waals surface area contributed by atoms with Crippen LogP contribution in [0.3, 0.4) is 0 Å². The highest BCUT2D eigenvalue weighted by Crippen LogP contribution is 2.55. The maximum atomic E-state index is 13.3. The van der Waals surface area contributed by atoms with Crippen LogP contribution in [0.2, 0.25) is 0 Å². The molecule has 0 aromatic rings. The van der Waals surface area contributed by atoms with Gasteiger partial charge < -0.3 is 19.7 Å². The molecule has 0 saturated heterocycles. The predicted octanol–water partition coefficient (Wildman–Crippen LogP) is 5.02. The van der Waals surface area contributed by atoms with Gasteiger partial charge in [-0.1, -0.05) is 55.0 Å². The van der Waals surface area contributed by atoms with Gasteiger partial charge in [0.05, 0.1) is 23.7 Å². The molecule has 1 heterocycles. The minimum absolute atomic E-state index is 0.0662. The molecule has 0 bridgehead atoms. The van der Waals surface area contributed by atoms with E-state index >= 15 is 0 Å². The molecule has 1 aliphatic heterocycles. The summed E-state index contributed by atoms with van der Waals surface area (Å²) in [5.74, 6) is -2.66. The van der Waals surface area contributed by atoms with Crippen LogP contribution in [0.4, 0.5) is 0 Å². The number of allylic oxidation sites excluding steroid dienone is 9. The van der Waals surface area contributed by atoms with Crippen LogP contribution < -0.4 is 0 Å². The maximum Gasteiger partial charge on any atom is 0.328 e. The molecule has 0 aromatic carbocycles. The van der Waals surface area contributed by atoms with Crippen molar-refractivity contribution in [2.45, 2.75) is 65.8 Å². The van der Waals surface area contributed by atoms with E-state index in [9.17, 15) is 19.5 Å². The molecule has 0 amide bonds. The highest BCUT2D eigenvalue weighted by molar-refractivity contribution is 5.97. The van der Waals surface area contributed by atoms with Crippen LogP contribution >= 0.6 is 0 Å². The molecule has 3 rings (SSSR count). The lowest BCUT2D eigenvalue weighted by molar-refractivity contribution is -0.173. The van der Waals surface area contributed by atoms with E-state index in [0.717, 1.165) is 17.2 Å². The first-order valence-electron chi connectivity index (χ1n) is 12.9. The SMILES string of the molecule is CC(C=CC=C(C)C(O)C(C)C(=O)OC1CC(C)C=C2C=CC3(C)OC=CC(=O)C3(C)C21)=CC=CC(=O)O. The highest BCUT2D eigenvalue weighted by Gasteiger charge is 2.61. The van der Waals surface area contributed by atoms with Crippen LogP contribution in [-0.2, 0) is 23.9 Å². The zero-order valence-corrected chi connectivity index (χ0v) is 22.9. The Hall–Kier alpha value is -3.45. The van der Waals surface area contributed by atoms with Crippen molar-refractivity contribution in [2.24, 2.45) is 23.2 Å². The second kappa shape index (κ2) is 11.5. The average molecular weight is 523 g/mol. The number of fused-ring (bicyclic) bond motifs is 3. The highest BCUT2D eigenvalue weighted by atomic mass is 16.5. The summed E-state index contributed by atoms with van der Waals surface area (Å²) in [6.07, 6.45) is 17.2. The molecule has 0 spiro atoms. The van der Waals surface area contributed by atoms with E-state index in [1.165, 1.54) is 18.4 Å². The summed E-state index contributed by atoms with van der Waals surface area (Å²) in [5.41, 5.74) is 0.560. The fourth-order valence-electron chi connectivity index (χ4n) is 5.47. The standard InChI is InChI=1S/C31H38O7/c1-19(10-8-12-26(33)34)9-7-11-21(3)28(35)22(4)29(36)38-24-18-20(2)17-23-13-15-30(5)31(6,27(23)24)25(32)14-16-37-30/h7-17,20,22,24,27-28,35H,18H2,1-6H3,(H,33,34). The molecule has 0 radical (unpaired) electrons. The van der Waals surface area contributed by atoms with Crippen molar-refractivity contribution < 1.29 is 34.1 Å². The number of aliphatic hydroxyl groups excluding tert-OH is 1. The van der Waals surface area contributed by atoms with E-state index in [1.54, 1.807) is 38.2 Å². The number of aliphatic hydroxyl groups is 1. The van der Waals surface area contributed by atoms with Crippen molar-refractivity contribution in [1.29, 1.82) is 0 Å². The summed E-state index contributed by atoms with van der Waals surface area (Å²) in [7, 11) is 0. The van der Waals surface area contributed by atoms with E-state index in [-0.39, 0.29) is 17.6 Å². The molecule has 0 aromatic heterocycles. The molecule has 7 atom stereocenters. The second-order valence-corrected chi connectivity index (χ2v) is 10.9. The van der Waals surface area contributed by atoms with Gasteiger partial charge in [-0.3, -0.25) is 9.59 Å². The lowest BCUT2D eigenvalue weighted by atomic mass is 9.54. The first-order valence-corrected chi connectivity index (χ1v) is 12.9. The quantitative estimate of drug-likeness (QED) is 0.262. The Kier molecular flexibility index (Phi) is 8.82. The molecule has 7 unspecified atom stereocenters. The third-order valence-corrected chi connectivity index (χ3v) is 8.00. The summed E-state index contributed by atoms with van der Waals surface area (Å²) in [4.78, 5) is 37.1. The fourth-order valence-corrected chi connectivity index (χ4v) is 5.47. The van der Waals surface area contributed by atoms with Gasteiger partial charge in [-0.15, -0.1) is 0 Å². The Morgan fingerprint density at radius 3 is 2.53 bits per heavy atom. The summed E-state index contributed by atoms with van der Waals surface area (Å²) in [6.45, 7) is 11.0. The van der Waals surface area contributed by atoms with Crippen molar-refractivity contribution in [1.82, 2.24) is 0 Å². The predicted molar refractivity (Wildman–Crippen MR) is 145 cm³/mol. The lowest BCUT2D eigenvalue weighted by Crippen LogP contribution is -2.61. The molecule has 2 aliphatic carbocycles. The number of rotatable bonds is 8. The zero-order chi connectivity index (χ0) is 28.3. The Bertz CT molecular complexity index is 1180. The number of ketones is 1. The normalized spacial score (nSPS) is 32.9. The van der Waals surface area contributed by atoms with Crippen LogP contribution in [0.25, 0.3) is 0 Å². The van der Waals surface area contributed by atoms with E-state index in [4.69, 9.17) is 14.6 Å². The third kappa shape index (κ3) is 5.83. The number of carboxylic acid groups (broad SMARTS) is 1. The molecule has 7 heteroatoms. The number of esters is 1. The molecule has 38 heavy (non-hydrogen) atoms. The topological polar surface area (TPSA) is 110 Å². The van der Waals surface area contributed by atoms with E-state index in [2.05, 4.69) is 13.0 Å². The third-order valence-electron chi connectivity index (χ3n) is 8.00. The first kappa shape index (κ1) is 29.1. The number of hydrogen-bond acceptors (Lipinski definition) is 6. The largest absolute Gasteiger partial charge is 0.490 e. The average Bonchev–Trinajstić information content (AvgIpc) is 2.84. The van der Waals surface area contributed by atoms with Gasteiger partial charge in [0.15, 0.2) is 5.78 Å². The number of ether oxygens (including phenoxy) is 2. The fraction of sp³-hybridized carbons (Fsp3) is 0.452. The van der Waals surface area contributed by atoms with Crippen molar-refractivity contribution in [3.05, 3.63) is 83.7 Å². The van der Waals surface area contributed by atoms with Crippen molar-refractivity contribution in [3.63, 3.8) is 0 Å². The Morgan fingerprint density at radius 1 is 1.16 bits per heavy atom. The van der Waals surface area contributed by atoms with Gasteiger partial charge >= 0.3 is 11.9 Å². The van der Waals surface area contributed by atoms with Crippen molar-refractivity contribution in [3.8, 4) is 0 Å². The molecule has 204 valence electrons. The van der Waals surface area contributed by atoms with E-state index < -0.39 is 41.1 Å². The lowest BCUT2D eigenvalue weighted by Gasteiger charge is -2.54. The molecule has 7 nitrogen and oxygen atoms in total. The molecule has 3 aliphatic rings. The van der Waals surface area contributed by atoms with Gasteiger partial charge in [0, 0.05) is 18.1 Å². The summed E-state index contributed by atoms with van der Waals surface area (Å²) >= 11 is 0. The number of carboxylic acids is 1. The van der Waals surface area contributed by atoms with Crippen molar-refractivity contribution >= 4 is 17.7 Å². The van der Waals surface area contributed by atoms with E-state index in [0.29, 0.717) is 12.0 Å². The number of aliphatic carboxylic acids is 1. The first-order chi connectivity index (χ1) is 17.8. The van der Waals surface area contributed by atoms with Gasteiger partial charge in [0.1, 0.15) is 11.7 Å². The molecular weight excluding hydrogens is 484 g/mol. The summed E-state index contributed by atoms with van der Waals surface area (Å²) in [5, 5.41) is 19.5.